The SMILES string of the molecule is COc1ccc(CCN2C(=O)[C@H]3[C@@H](C2=O)[C@]2(N[C@@H]3CC(N)=O)C(=O)Nc3c(C)cccc32)cc1OC. The van der Waals surface area contributed by atoms with Gasteiger partial charge in [-0.05, 0) is 36.6 Å². The minimum atomic E-state index is -1.45. The average molecular weight is 493 g/mol. The second kappa shape index (κ2) is 8.63. The third kappa shape index (κ3) is 3.35. The van der Waals surface area contributed by atoms with Gasteiger partial charge in [-0.15, -0.1) is 0 Å². The van der Waals surface area contributed by atoms with Crippen LogP contribution < -0.4 is 25.8 Å². The van der Waals surface area contributed by atoms with Crippen LogP contribution in [0.2, 0.25) is 0 Å². The summed E-state index contributed by atoms with van der Waals surface area (Å²) in [6.45, 7) is 1.99. The number of carbonyl (C=O) groups is 4. The van der Waals surface area contributed by atoms with Gasteiger partial charge in [-0.3, -0.25) is 29.4 Å². The molecule has 1 spiro atoms. The predicted molar refractivity (Wildman–Crippen MR) is 129 cm³/mol. The molecule has 10 nitrogen and oxygen atoms in total. The number of hydrogen-bond donors (Lipinski definition) is 3. The summed E-state index contributed by atoms with van der Waals surface area (Å²) < 4.78 is 10.6. The van der Waals surface area contributed by atoms with E-state index in [1.807, 2.05) is 25.1 Å². The standard InChI is InChI=1S/C26H28N4O6/c1-13-5-4-6-15-22(13)28-25(34)26(15)21-20(16(29-26)12-19(27)31)23(32)30(24(21)33)10-9-14-7-8-17(35-2)18(11-14)36-3/h4-8,11,16,20-21,29H,9-10,12H2,1-3H3,(H2,27,31)(H,28,34)/t16-,20-,21+,26+/m1/s1. The number of carbonyl (C=O) groups excluding carboxylic acids is 4. The fourth-order valence-corrected chi connectivity index (χ4v) is 5.92. The van der Waals surface area contributed by atoms with Crippen LogP contribution in [0.25, 0.3) is 0 Å². The van der Waals surface area contributed by atoms with E-state index in [9.17, 15) is 19.2 Å². The molecular formula is C26H28N4O6. The van der Waals surface area contributed by atoms with Crippen molar-refractivity contribution in [2.24, 2.45) is 17.6 Å². The fourth-order valence-electron chi connectivity index (χ4n) is 5.92. The Hall–Kier alpha value is -3.92. The monoisotopic (exact) mass is 492 g/mol. The van der Waals surface area contributed by atoms with Crippen LogP contribution in [-0.2, 0) is 31.1 Å². The third-order valence-electron chi connectivity index (χ3n) is 7.54. The Bertz CT molecular complexity index is 1290. The highest BCUT2D eigenvalue weighted by Crippen LogP contribution is 2.53. The number of primary amides is 1. The van der Waals surface area contributed by atoms with Crippen LogP contribution in [0.1, 0.15) is 23.1 Å². The number of anilines is 1. The van der Waals surface area contributed by atoms with Gasteiger partial charge in [0.2, 0.25) is 23.6 Å². The highest BCUT2D eigenvalue weighted by atomic mass is 16.5. The number of aryl methyl sites for hydroxylation is 1. The molecule has 0 aromatic heterocycles. The first-order valence-corrected chi connectivity index (χ1v) is 11.8. The zero-order valence-electron chi connectivity index (χ0n) is 20.3. The molecule has 2 aromatic carbocycles. The zero-order valence-corrected chi connectivity index (χ0v) is 20.3. The van der Waals surface area contributed by atoms with E-state index in [-0.39, 0.29) is 13.0 Å². The van der Waals surface area contributed by atoms with Crippen molar-refractivity contribution >= 4 is 29.3 Å². The lowest BCUT2D eigenvalue weighted by Crippen LogP contribution is -2.53. The van der Waals surface area contributed by atoms with E-state index in [2.05, 4.69) is 10.6 Å². The first kappa shape index (κ1) is 23.8. The van der Waals surface area contributed by atoms with Crippen LogP contribution >= 0.6 is 0 Å². The Morgan fingerprint density at radius 3 is 2.53 bits per heavy atom. The van der Waals surface area contributed by atoms with Crippen molar-refractivity contribution in [2.45, 2.75) is 31.3 Å². The number of imide groups is 1. The molecule has 0 bridgehead atoms. The molecule has 2 saturated heterocycles. The maximum Gasteiger partial charge on any atom is 0.250 e. The molecule has 2 aromatic rings. The van der Waals surface area contributed by atoms with Gasteiger partial charge in [-0.25, -0.2) is 0 Å². The molecule has 3 aliphatic heterocycles. The molecule has 0 unspecified atom stereocenters. The topological polar surface area (TPSA) is 140 Å². The summed E-state index contributed by atoms with van der Waals surface area (Å²) in [6, 6.07) is 10.1. The van der Waals surface area contributed by atoms with Gasteiger partial charge in [0.1, 0.15) is 5.54 Å². The summed E-state index contributed by atoms with van der Waals surface area (Å²) in [7, 11) is 3.08. The van der Waals surface area contributed by atoms with E-state index in [4.69, 9.17) is 15.2 Å². The Morgan fingerprint density at radius 1 is 1.08 bits per heavy atom. The molecule has 188 valence electrons. The van der Waals surface area contributed by atoms with Crippen LogP contribution in [0.5, 0.6) is 11.5 Å². The van der Waals surface area contributed by atoms with Crippen molar-refractivity contribution in [2.75, 3.05) is 26.1 Å². The first-order chi connectivity index (χ1) is 17.2. The number of nitrogens with one attached hydrogen (secondary N) is 2. The number of ether oxygens (including phenoxy) is 2. The van der Waals surface area contributed by atoms with E-state index >= 15 is 0 Å². The number of fused-ring (bicyclic) bond motifs is 4. The maximum absolute atomic E-state index is 13.8. The molecule has 3 heterocycles. The Morgan fingerprint density at radius 2 is 1.83 bits per heavy atom. The van der Waals surface area contributed by atoms with Crippen molar-refractivity contribution in [1.82, 2.24) is 10.2 Å². The predicted octanol–water partition coefficient (Wildman–Crippen LogP) is 0.851. The highest BCUT2D eigenvalue weighted by molar-refractivity contribution is 6.15. The minimum absolute atomic E-state index is 0.127. The lowest BCUT2D eigenvalue weighted by atomic mass is 9.76. The Kier molecular flexibility index (Phi) is 5.71. The molecule has 4 amide bonds. The normalized spacial score (nSPS) is 26.2. The summed E-state index contributed by atoms with van der Waals surface area (Å²) in [5.41, 5.74) is 6.97. The van der Waals surface area contributed by atoms with Gasteiger partial charge in [0, 0.05) is 30.3 Å². The molecule has 4 atom stereocenters. The summed E-state index contributed by atoms with van der Waals surface area (Å²) in [5, 5.41) is 6.10. The Labute approximate surface area is 208 Å². The van der Waals surface area contributed by atoms with Crippen LogP contribution in [-0.4, -0.2) is 55.3 Å². The number of likely N-dealkylation sites (tertiary alicyclic amines) is 1. The molecule has 36 heavy (non-hydrogen) atoms. The second-order valence-electron chi connectivity index (χ2n) is 9.45. The van der Waals surface area contributed by atoms with Crippen molar-refractivity contribution in [3.8, 4) is 11.5 Å². The van der Waals surface area contributed by atoms with Gasteiger partial charge in [-0.2, -0.15) is 0 Å². The molecule has 2 fully saturated rings. The first-order valence-electron chi connectivity index (χ1n) is 11.8. The molecule has 5 rings (SSSR count). The smallest absolute Gasteiger partial charge is 0.250 e. The van der Waals surface area contributed by atoms with Gasteiger partial charge in [0.15, 0.2) is 11.5 Å². The lowest BCUT2D eigenvalue weighted by molar-refractivity contribution is -0.142. The molecule has 0 radical (unpaired) electrons. The zero-order chi connectivity index (χ0) is 25.8. The number of benzene rings is 2. The quantitative estimate of drug-likeness (QED) is 0.487. The van der Waals surface area contributed by atoms with Crippen molar-refractivity contribution < 1.29 is 28.7 Å². The van der Waals surface area contributed by atoms with Crippen LogP contribution in [0.15, 0.2) is 36.4 Å². The third-order valence-corrected chi connectivity index (χ3v) is 7.54. The van der Waals surface area contributed by atoms with Gasteiger partial charge in [-0.1, -0.05) is 24.3 Å². The fraction of sp³-hybridized carbons (Fsp3) is 0.385. The molecule has 0 aliphatic carbocycles. The summed E-state index contributed by atoms with van der Waals surface area (Å²) in [4.78, 5) is 53.9. The second-order valence-corrected chi connectivity index (χ2v) is 9.45. The van der Waals surface area contributed by atoms with E-state index < -0.39 is 47.0 Å². The number of amides is 4. The number of hydrogen-bond acceptors (Lipinski definition) is 7. The van der Waals surface area contributed by atoms with Gasteiger partial charge in [0.05, 0.1) is 26.1 Å². The van der Waals surface area contributed by atoms with Crippen LogP contribution in [0.4, 0.5) is 5.69 Å². The number of nitrogens with zero attached hydrogens (tertiary/aromatic N) is 1. The lowest BCUT2D eigenvalue weighted by Gasteiger charge is -2.29. The largest absolute Gasteiger partial charge is 0.493 e. The van der Waals surface area contributed by atoms with E-state index in [0.717, 1.165) is 11.1 Å². The number of rotatable bonds is 7. The summed E-state index contributed by atoms with van der Waals surface area (Å²) in [5.74, 6) is -2.61. The number of nitrogens with two attached hydrogens (primary N) is 1. The molecule has 4 N–H and O–H groups in total. The summed E-state index contributed by atoms with van der Waals surface area (Å²) >= 11 is 0. The van der Waals surface area contributed by atoms with Crippen LogP contribution in [0, 0.1) is 18.8 Å². The van der Waals surface area contributed by atoms with E-state index in [0.29, 0.717) is 29.2 Å². The van der Waals surface area contributed by atoms with E-state index in [1.54, 1.807) is 25.3 Å². The van der Waals surface area contributed by atoms with Gasteiger partial charge >= 0.3 is 0 Å². The molecule has 3 aliphatic rings. The molecule has 0 saturated carbocycles. The van der Waals surface area contributed by atoms with E-state index in [1.165, 1.54) is 12.0 Å². The molecule has 10 heteroatoms. The van der Waals surface area contributed by atoms with Gasteiger partial charge < -0.3 is 20.5 Å². The van der Waals surface area contributed by atoms with Crippen LogP contribution in [0.3, 0.4) is 0 Å². The van der Waals surface area contributed by atoms with Crippen molar-refractivity contribution in [1.29, 1.82) is 0 Å². The molecular weight excluding hydrogens is 464 g/mol. The highest BCUT2D eigenvalue weighted by Gasteiger charge is 2.70. The number of para-hydroxylation sites is 1. The number of methoxy groups -OCH3 is 2. The summed E-state index contributed by atoms with van der Waals surface area (Å²) in [6.07, 6.45) is 0.222. The maximum atomic E-state index is 13.8. The van der Waals surface area contributed by atoms with Crippen molar-refractivity contribution in [3.63, 3.8) is 0 Å². The average Bonchev–Trinajstić information content (AvgIpc) is 3.42. The minimum Gasteiger partial charge on any atom is -0.493 e. The van der Waals surface area contributed by atoms with Crippen molar-refractivity contribution in [3.05, 3.63) is 53.1 Å². The van der Waals surface area contributed by atoms with Gasteiger partial charge in [0.25, 0.3) is 0 Å². The Balaban J connectivity index is 1.49.